The summed E-state index contributed by atoms with van der Waals surface area (Å²) >= 11 is 0. The number of hydrogen-bond acceptors (Lipinski definition) is 5. The van der Waals surface area contributed by atoms with Crippen LogP contribution >= 0.6 is 0 Å². The van der Waals surface area contributed by atoms with E-state index < -0.39 is 23.8 Å². The summed E-state index contributed by atoms with van der Waals surface area (Å²) in [6.07, 6.45) is 1.31. The molecule has 0 spiro atoms. The minimum atomic E-state index is -0.967. The Morgan fingerprint density at radius 1 is 1.07 bits per heavy atom. The topological polar surface area (TPSA) is 84.0 Å². The standard InChI is InChI=1S/C23H22N2O5/c1-13-9-10-16-18(12-13)22(28)25(21(16)27)14(2)20(26)24-11-5-7-15-17(23(29)30-3)6-4-8-19(15)24/h4,6,8-10,12,14H,5,7,11H2,1-3H3/t14-/m0/s1. The van der Waals surface area contributed by atoms with Gasteiger partial charge in [-0.05, 0) is 56.5 Å². The quantitative estimate of drug-likeness (QED) is 0.578. The first-order valence-corrected chi connectivity index (χ1v) is 9.85. The third kappa shape index (κ3) is 2.98. The van der Waals surface area contributed by atoms with E-state index in [1.54, 1.807) is 48.2 Å². The van der Waals surface area contributed by atoms with Crippen LogP contribution in [-0.2, 0) is 16.0 Å². The number of hydrogen-bond donors (Lipinski definition) is 0. The van der Waals surface area contributed by atoms with Gasteiger partial charge in [0.25, 0.3) is 11.8 Å². The number of amides is 3. The fraction of sp³-hybridized carbons (Fsp3) is 0.304. The van der Waals surface area contributed by atoms with Crippen LogP contribution in [0.25, 0.3) is 0 Å². The second-order valence-corrected chi connectivity index (χ2v) is 7.59. The molecular weight excluding hydrogens is 384 g/mol. The van der Waals surface area contributed by atoms with Crippen molar-refractivity contribution in [1.82, 2.24) is 4.90 Å². The number of methoxy groups -OCH3 is 1. The lowest BCUT2D eigenvalue weighted by molar-refractivity contribution is -0.122. The van der Waals surface area contributed by atoms with Crippen molar-refractivity contribution in [3.05, 3.63) is 64.2 Å². The number of carbonyl (C=O) groups is 4. The van der Waals surface area contributed by atoms with Gasteiger partial charge in [-0.2, -0.15) is 0 Å². The average molecular weight is 406 g/mol. The van der Waals surface area contributed by atoms with Crippen molar-refractivity contribution < 1.29 is 23.9 Å². The zero-order chi connectivity index (χ0) is 21.6. The van der Waals surface area contributed by atoms with E-state index in [1.165, 1.54) is 7.11 Å². The van der Waals surface area contributed by atoms with Crippen LogP contribution in [0.4, 0.5) is 5.69 Å². The summed E-state index contributed by atoms with van der Waals surface area (Å²) < 4.78 is 4.86. The predicted molar refractivity (Wildman–Crippen MR) is 110 cm³/mol. The lowest BCUT2D eigenvalue weighted by atomic mass is 9.95. The van der Waals surface area contributed by atoms with E-state index in [-0.39, 0.29) is 5.91 Å². The van der Waals surface area contributed by atoms with Crippen molar-refractivity contribution in [2.24, 2.45) is 0 Å². The van der Waals surface area contributed by atoms with Gasteiger partial charge in [-0.15, -0.1) is 0 Å². The van der Waals surface area contributed by atoms with Gasteiger partial charge in [-0.25, -0.2) is 4.79 Å². The second-order valence-electron chi connectivity index (χ2n) is 7.59. The fourth-order valence-corrected chi connectivity index (χ4v) is 4.22. The Morgan fingerprint density at radius 2 is 1.80 bits per heavy atom. The molecule has 154 valence electrons. The normalized spacial score (nSPS) is 16.2. The monoisotopic (exact) mass is 406 g/mol. The first-order chi connectivity index (χ1) is 14.3. The molecule has 0 saturated heterocycles. The molecule has 3 amide bonds. The zero-order valence-corrected chi connectivity index (χ0v) is 17.1. The van der Waals surface area contributed by atoms with Crippen LogP contribution in [0.2, 0.25) is 0 Å². The summed E-state index contributed by atoms with van der Waals surface area (Å²) in [5.41, 5.74) is 3.30. The highest BCUT2D eigenvalue weighted by molar-refractivity contribution is 6.23. The van der Waals surface area contributed by atoms with E-state index in [4.69, 9.17) is 4.74 Å². The number of esters is 1. The van der Waals surface area contributed by atoms with Crippen molar-refractivity contribution in [3.8, 4) is 0 Å². The molecule has 0 saturated carbocycles. The smallest absolute Gasteiger partial charge is 0.338 e. The molecule has 2 aliphatic rings. The Kier molecular flexibility index (Phi) is 4.89. The number of imide groups is 1. The van der Waals surface area contributed by atoms with Crippen LogP contribution in [0.3, 0.4) is 0 Å². The number of aryl methyl sites for hydroxylation is 1. The van der Waals surface area contributed by atoms with Gasteiger partial charge in [0.1, 0.15) is 6.04 Å². The molecule has 30 heavy (non-hydrogen) atoms. The maximum absolute atomic E-state index is 13.4. The van der Waals surface area contributed by atoms with Crippen LogP contribution in [0, 0.1) is 6.92 Å². The minimum absolute atomic E-state index is 0.317. The molecule has 0 radical (unpaired) electrons. The van der Waals surface area contributed by atoms with Gasteiger partial charge in [0.05, 0.1) is 23.8 Å². The highest BCUT2D eigenvalue weighted by atomic mass is 16.5. The Hall–Kier alpha value is -3.48. The lowest BCUT2D eigenvalue weighted by Gasteiger charge is -2.34. The maximum atomic E-state index is 13.4. The van der Waals surface area contributed by atoms with E-state index in [0.29, 0.717) is 41.8 Å². The van der Waals surface area contributed by atoms with Crippen LogP contribution < -0.4 is 4.90 Å². The second kappa shape index (κ2) is 7.40. The predicted octanol–water partition coefficient (Wildman–Crippen LogP) is 2.75. The van der Waals surface area contributed by atoms with Crippen molar-refractivity contribution >= 4 is 29.4 Å². The molecule has 2 heterocycles. The van der Waals surface area contributed by atoms with Gasteiger partial charge in [-0.3, -0.25) is 19.3 Å². The molecule has 0 bridgehead atoms. The highest BCUT2D eigenvalue weighted by Gasteiger charge is 2.42. The van der Waals surface area contributed by atoms with Crippen LogP contribution in [0.5, 0.6) is 0 Å². The van der Waals surface area contributed by atoms with Gasteiger partial charge in [0.2, 0.25) is 5.91 Å². The Bertz CT molecular complexity index is 1090. The summed E-state index contributed by atoms with van der Waals surface area (Å²) in [4.78, 5) is 53.8. The van der Waals surface area contributed by atoms with E-state index in [9.17, 15) is 19.2 Å². The largest absolute Gasteiger partial charge is 0.465 e. The maximum Gasteiger partial charge on any atom is 0.338 e. The summed E-state index contributed by atoms with van der Waals surface area (Å²) in [5, 5.41) is 0. The zero-order valence-electron chi connectivity index (χ0n) is 17.1. The van der Waals surface area contributed by atoms with Crippen molar-refractivity contribution in [3.63, 3.8) is 0 Å². The third-order valence-corrected chi connectivity index (χ3v) is 5.74. The molecule has 0 aliphatic carbocycles. The summed E-state index contributed by atoms with van der Waals surface area (Å²) in [6, 6.07) is 9.25. The van der Waals surface area contributed by atoms with E-state index in [0.717, 1.165) is 16.0 Å². The number of fused-ring (bicyclic) bond motifs is 2. The van der Waals surface area contributed by atoms with Crippen molar-refractivity contribution in [2.45, 2.75) is 32.7 Å². The molecule has 2 aliphatic heterocycles. The van der Waals surface area contributed by atoms with E-state index in [2.05, 4.69) is 0 Å². The van der Waals surface area contributed by atoms with Gasteiger partial charge in [0, 0.05) is 12.2 Å². The Labute approximate surface area is 174 Å². The first-order valence-electron chi connectivity index (χ1n) is 9.85. The number of nitrogens with zero attached hydrogens (tertiary/aromatic N) is 2. The molecule has 1 atom stereocenters. The highest BCUT2D eigenvalue weighted by Crippen LogP contribution is 2.32. The molecule has 2 aromatic rings. The van der Waals surface area contributed by atoms with Crippen LogP contribution in [0.1, 0.15) is 55.5 Å². The Balaban J connectivity index is 1.66. The van der Waals surface area contributed by atoms with Gasteiger partial charge in [-0.1, -0.05) is 17.7 Å². The molecular formula is C23H22N2O5. The number of carbonyl (C=O) groups excluding carboxylic acids is 4. The number of rotatable bonds is 3. The molecule has 0 N–H and O–H groups in total. The van der Waals surface area contributed by atoms with Crippen molar-refractivity contribution in [2.75, 3.05) is 18.6 Å². The van der Waals surface area contributed by atoms with Crippen LogP contribution in [-0.4, -0.2) is 48.3 Å². The van der Waals surface area contributed by atoms with Crippen molar-refractivity contribution in [1.29, 1.82) is 0 Å². The van der Waals surface area contributed by atoms with Crippen LogP contribution in [0.15, 0.2) is 36.4 Å². The third-order valence-electron chi connectivity index (χ3n) is 5.74. The van der Waals surface area contributed by atoms with Gasteiger partial charge < -0.3 is 9.64 Å². The van der Waals surface area contributed by atoms with E-state index >= 15 is 0 Å². The minimum Gasteiger partial charge on any atom is -0.465 e. The van der Waals surface area contributed by atoms with Gasteiger partial charge >= 0.3 is 5.97 Å². The molecule has 4 rings (SSSR count). The molecule has 0 fully saturated rings. The molecule has 7 heteroatoms. The number of ether oxygens (including phenoxy) is 1. The number of benzene rings is 2. The summed E-state index contributed by atoms with van der Waals surface area (Å²) in [7, 11) is 1.32. The lowest BCUT2D eigenvalue weighted by Crippen LogP contribution is -2.50. The SMILES string of the molecule is COC(=O)c1cccc2c1CCCN2C(=O)[C@H](C)N1C(=O)c2ccc(C)cc2C1=O. The molecule has 2 aromatic carbocycles. The average Bonchev–Trinajstić information content (AvgIpc) is 3.00. The molecule has 0 aromatic heterocycles. The molecule has 0 unspecified atom stereocenters. The molecule has 7 nitrogen and oxygen atoms in total. The summed E-state index contributed by atoms with van der Waals surface area (Å²) in [5.74, 6) is -1.73. The first kappa shape index (κ1) is 19.8. The fourth-order valence-electron chi connectivity index (χ4n) is 4.22. The summed E-state index contributed by atoms with van der Waals surface area (Å²) in [6.45, 7) is 3.86. The van der Waals surface area contributed by atoms with E-state index in [1.807, 2.05) is 6.92 Å². The Morgan fingerprint density at radius 3 is 2.53 bits per heavy atom. The van der Waals surface area contributed by atoms with Gasteiger partial charge in [0.15, 0.2) is 0 Å². The number of anilines is 1.